The van der Waals surface area contributed by atoms with Gasteiger partial charge in [-0.05, 0) is 26.7 Å². The summed E-state index contributed by atoms with van der Waals surface area (Å²) in [6, 6.07) is 8.69. The second-order valence-electron chi connectivity index (χ2n) is 8.68. The number of piperidine rings is 1. The maximum atomic E-state index is 13.6. The van der Waals surface area contributed by atoms with Crippen molar-refractivity contribution in [1.29, 1.82) is 0 Å². The van der Waals surface area contributed by atoms with E-state index >= 15 is 0 Å². The first-order valence-corrected chi connectivity index (χ1v) is 11.2. The minimum absolute atomic E-state index is 0.0267. The fraction of sp³-hybridized carbons (Fsp3) is 0.417. The molecule has 4 rings (SSSR count). The number of aromatic nitrogens is 4. The molecule has 1 saturated heterocycles. The zero-order valence-electron chi connectivity index (χ0n) is 19.3. The number of fused-ring (bicyclic) bond motifs is 1. The SMILES string of the molecule is CC=C(C)Cn1c(N2CCCC(N)C2)nc2c1c(=O)n(CC(=O)c1ccccc1)c(=O)n2C. The summed E-state index contributed by atoms with van der Waals surface area (Å²) < 4.78 is 4.21. The van der Waals surface area contributed by atoms with Gasteiger partial charge in [0, 0.05) is 38.3 Å². The van der Waals surface area contributed by atoms with Crippen LogP contribution < -0.4 is 21.9 Å². The minimum Gasteiger partial charge on any atom is -0.341 e. The Morgan fingerprint density at radius 2 is 1.91 bits per heavy atom. The summed E-state index contributed by atoms with van der Waals surface area (Å²) in [7, 11) is 1.58. The number of hydrogen-bond donors (Lipinski definition) is 1. The van der Waals surface area contributed by atoms with Gasteiger partial charge in [-0.25, -0.2) is 4.79 Å². The molecule has 3 heterocycles. The highest BCUT2D eigenvalue weighted by molar-refractivity contribution is 5.95. The number of carbonyl (C=O) groups excluding carboxylic acids is 1. The fourth-order valence-corrected chi connectivity index (χ4v) is 4.28. The first-order valence-electron chi connectivity index (χ1n) is 11.2. The number of hydrogen-bond acceptors (Lipinski definition) is 6. The summed E-state index contributed by atoms with van der Waals surface area (Å²) in [5, 5.41) is 0. The lowest BCUT2D eigenvalue weighted by Gasteiger charge is -2.31. The van der Waals surface area contributed by atoms with Crippen molar-refractivity contribution in [2.75, 3.05) is 18.0 Å². The average Bonchev–Trinajstić information content (AvgIpc) is 3.20. The van der Waals surface area contributed by atoms with Gasteiger partial charge < -0.3 is 15.2 Å². The van der Waals surface area contributed by atoms with Crippen molar-refractivity contribution in [1.82, 2.24) is 18.7 Å². The van der Waals surface area contributed by atoms with E-state index in [4.69, 9.17) is 10.7 Å². The number of imidazole rings is 1. The van der Waals surface area contributed by atoms with Crippen LogP contribution in [0.25, 0.3) is 11.2 Å². The minimum atomic E-state index is -0.564. The van der Waals surface area contributed by atoms with E-state index in [0.717, 1.165) is 29.5 Å². The first kappa shape index (κ1) is 22.7. The van der Waals surface area contributed by atoms with Crippen LogP contribution in [0.2, 0.25) is 0 Å². The van der Waals surface area contributed by atoms with Gasteiger partial charge in [0.2, 0.25) is 5.95 Å². The Balaban J connectivity index is 1.90. The van der Waals surface area contributed by atoms with Gasteiger partial charge in [-0.1, -0.05) is 42.0 Å². The maximum absolute atomic E-state index is 13.6. The van der Waals surface area contributed by atoms with E-state index in [1.807, 2.05) is 30.6 Å². The van der Waals surface area contributed by atoms with Crippen molar-refractivity contribution in [3.05, 3.63) is 68.4 Å². The molecular formula is C24H30N6O3. The highest BCUT2D eigenvalue weighted by atomic mass is 16.2. The van der Waals surface area contributed by atoms with Crippen LogP contribution in [0.1, 0.15) is 37.0 Å². The third kappa shape index (κ3) is 4.28. The number of rotatable bonds is 6. The van der Waals surface area contributed by atoms with E-state index in [1.165, 1.54) is 4.57 Å². The number of ketones is 1. The Hall–Kier alpha value is -3.46. The van der Waals surface area contributed by atoms with Gasteiger partial charge in [-0.3, -0.25) is 18.7 Å². The molecule has 33 heavy (non-hydrogen) atoms. The monoisotopic (exact) mass is 450 g/mol. The van der Waals surface area contributed by atoms with Gasteiger partial charge in [0.05, 0.1) is 6.54 Å². The quantitative estimate of drug-likeness (QED) is 0.452. The topological polar surface area (TPSA) is 108 Å². The van der Waals surface area contributed by atoms with Gasteiger partial charge in [-0.15, -0.1) is 0 Å². The smallest absolute Gasteiger partial charge is 0.332 e. The summed E-state index contributed by atoms with van der Waals surface area (Å²) in [6.07, 6.45) is 3.86. The second kappa shape index (κ2) is 9.19. The van der Waals surface area contributed by atoms with E-state index in [-0.39, 0.29) is 18.4 Å². The Kier molecular flexibility index (Phi) is 6.33. The van der Waals surface area contributed by atoms with Gasteiger partial charge in [0.25, 0.3) is 5.56 Å². The van der Waals surface area contributed by atoms with Gasteiger partial charge in [0.1, 0.15) is 0 Å². The Bertz CT molecular complexity index is 1330. The molecule has 0 aliphatic carbocycles. The van der Waals surface area contributed by atoms with E-state index in [0.29, 0.717) is 35.8 Å². The zero-order valence-corrected chi connectivity index (χ0v) is 19.3. The van der Waals surface area contributed by atoms with Gasteiger partial charge >= 0.3 is 5.69 Å². The highest BCUT2D eigenvalue weighted by Crippen LogP contribution is 2.24. The van der Waals surface area contributed by atoms with Crippen LogP contribution in [0.15, 0.2) is 51.6 Å². The third-order valence-corrected chi connectivity index (χ3v) is 6.25. The lowest BCUT2D eigenvalue weighted by molar-refractivity contribution is 0.0969. The molecule has 2 N–H and O–H groups in total. The van der Waals surface area contributed by atoms with Crippen LogP contribution in [0.3, 0.4) is 0 Å². The van der Waals surface area contributed by atoms with Crippen LogP contribution in [0.5, 0.6) is 0 Å². The lowest BCUT2D eigenvalue weighted by Crippen LogP contribution is -2.44. The standard InChI is InChI=1S/C24H30N6O3/c1-4-16(2)13-29-20-21(26-23(29)28-12-8-11-18(25)14-28)27(3)24(33)30(22(20)32)15-19(31)17-9-6-5-7-10-17/h4-7,9-10,18H,8,11-15,25H2,1-3H3. The van der Waals surface area contributed by atoms with Crippen LogP contribution in [0, 0.1) is 0 Å². The van der Waals surface area contributed by atoms with Crippen molar-refractivity contribution in [2.24, 2.45) is 12.8 Å². The fourth-order valence-electron chi connectivity index (χ4n) is 4.28. The van der Waals surface area contributed by atoms with Crippen molar-refractivity contribution < 1.29 is 4.79 Å². The third-order valence-electron chi connectivity index (χ3n) is 6.25. The van der Waals surface area contributed by atoms with Crippen molar-refractivity contribution in [2.45, 2.75) is 45.8 Å². The number of allylic oxidation sites excluding steroid dienone is 2. The lowest BCUT2D eigenvalue weighted by atomic mass is 10.1. The molecule has 174 valence electrons. The second-order valence-corrected chi connectivity index (χ2v) is 8.68. The molecule has 0 radical (unpaired) electrons. The molecule has 9 heteroatoms. The Labute approximate surface area is 191 Å². The number of anilines is 1. The first-order chi connectivity index (χ1) is 15.8. The molecule has 1 atom stereocenters. The molecule has 3 aromatic rings. The molecule has 1 aliphatic heterocycles. The summed E-state index contributed by atoms with van der Waals surface area (Å²) in [5.41, 5.74) is 7.26. The summed E-state index contributed by atoms with van der Waals surface area (Å²) in [5.74, 6) is 0.327. The van der Waals surface area contributed by atoms with Crippen LogP contribution >= 0.6 is 0 Å². The van der Waals surface area contributed by atoms with Crippen molar-refractivity contribution in [3.63, 3.8) is 0 Å². The molecule has 1 fully saturated rings. The number of nitrogens with zero attached hydrogens (tertiary/aromatic N) is 5. The molecule has 0 bridgehead atoms. The van der Waals surface area contributed by atoms with E-state index in [9.17, 15) is 14.4 Å². The largest absolute Gasteiger partial charge is 0.341 e. The number of benzene rings is 1. The molecule has 1 unspecified atom stereocenters. The van der Waals surface area contributed by atoms with Gasteiger partial charge in [-0.2, -0.15) is 4.98 Å². The number of nitrogens with two attached hydrogens (primary N) is 1. The van der Waals surface area contributed by atoms with Crippen LogP contribution in [-0.4, -0.2) is 43.6 Å². The molecule has 0 saturated carbocycles. The normalized spacial score (nSPS) is 17.0. The van der Waals surface area contributed by atoms with Crippen molar-refractivity contribution in [3.8, 4) is 0 Å². The predicted molar refractivity (Wildman–Crippen MR) is 129 cm³/mol. The number of Topliss-reactive ketones (excluding diaryl/α,β-unsaturated/α-hetero) is 1. The summed E-state index contributed by atoms with van der Waals surface area (Å²) >= 11 is 0. The Morgan fingerprint density at radius 3 is 2.58 bits per heavy atom. The number of carbonyl (C=O) groups is 1. The summed E-state index contributed by atoms with van der Waals surface area (Å²) in [4.78, 5) is 46.3. The van der Waals surface area contributed by atoms with Crippen LogP contribution in [-0.2, 0) is 20.1 Å². The van der Waals surface area contributed by atoms with Gasteiger partial charge in [0.15, 0.2) is 16.9 Å². The molecule has 1 aromatic carbocycles. The van der Waals surface area contributed by atoms with E-state index in [2.05, 4.69) is 4.90 Å². The molecule has 0 amide bonds. The van der Waals surface area contributed by atoms with Crippen molar-refractivity contribution >= 4 is 22.9 Å². The molecule has 9 nitrogen and oxygen atoms in total. The molecular weight excluding hydrogens is 420 g/mol. The zero-order chi connectivity index (χ0) is 23.7. The maximum Gasteiger partial charge on any atom is 0.332 e. The van der Waals surface area contributed by atoms with E-state index in [1.54, 1.807) is 31.3 Å². The van der Waals surface area contributed by atoms with E-state index < -0.39 is 11.2 Å². The molecule has 2 aromatic heterocycles. The summed E-state index contributed by atoms with van der Waals surface area (Å²) in [6.45, 7) is 5.46. The van der Waals surface area contributed by atoms with Crippen LogP contribution in [0.4, 0.5) is 5.95 Å². The predicted octanol–water partition coefficient (Wildman–Crippen LogP) is 1.67. The molecule has 1 aliphatic rings. The molecule has 0 spiro atoms. The number of aryl methyl sites for hydroxylation is 1. The average molecular weight is 451 g/mol. The Morgan fingerprint density at radius 1 is 1.18 bits per heavy atom. The highest BCUT2D eigenvalue weighted by Gasteiger charge is 2.26.